The number of nitrogens with zero attached hydrogens (tertiary/aromatic N) is 1. The lowest BCUT2D eigenvalue weighted by Crippen LogP contribution is -2.04. The Balaban J connectivity index is 2.71. The van der Waals surface area contributed by atoms with Crippen molar-refractivity contribution in [2.45, 2.75) is 26.7 Å². The van der Waals surface area contributed by atoms with Crippen molar-refractivity contribution >= 4 is 16.6 Å². The van der Waals surface area contributed by atoms with Gasteiger partial charge in [0.15, 0.2) is 17.5 Å². The Hall–Kier alpha value is -1.78. The highest BCUT2D eigenvalue weighted by molar-refractivity contribution is 5.92. The second kappa shape index (κ2) is 5.47. The molecular weight excluding hydrogens is 253 g/mol. The average molecular weight is 268 g/mol. The molecule has 0 unspecified atom stereocenters. The minimum atomic E-state index is -1.48. The highest BCUT2D eigenvalue weighted by atomic mass is 19.2. The lowest BCUT2D eigenvalue weighted by atomic mass is 10.1. The molecule has 0 bridgehead atoms. The van der Waals surface area contributed by atoms with Crippen LogP contribution in [0.1, 0.15) is 26.0 Å². The van der Waals surface area contributed by atoms with E-state index in [9.17, 15) is 13.2 Å². The molecule has 0 aliphatic rings. The van der Waals surface area contributed by atoms with Crippen molar-refractivity contribution in [1.82, 2.24) is 4.98 Å². The Bertz CT molecular complexity index is 611. The molecule has 102 valence electrons. The first-order valence-electron chi connectivity index (χ1n) is 6.29. The van der Waals surface area contributed by atoms with E-state index in [4.69, 9.17) is 0 Å². The second-order valence-electron chi connectivity index (χ2n) is 4.32. The van der Waals surface area contributed by atoms with E-state index in [1.54, 1.807) is 6.07 Å². The maximum Gasteiger partial charge on any atom is 0.196 e. The number of halogens is 3. The summed E-state index contributed by atoms with van der Waals surface area (Å²) < 4.78 is 40.4. The average Bonchev–Trinajstić information content (AvgIpc) is 2.42. The summed E-state index contributed by atoms with van der Waals surface area (Å²) in [5.41, 5.74) is 1.09. The van der Waals surface area contributed by atoms with Crippen LogP contribution in [0.25, 0.3) is 10.9 Å². The Morgan fingerprint density at radius 1 is 1.11 bits per heavy atom. The molecule has 0 amide bonds. The van der Waals surface area contributed by atoms with Gasteiger partial charge in [0.1, 0.15) is 5.52 Å². The van der Waals surface area contributed by atoms with Gasteiger partial charge in [-0.1, -0.05) is 13.8 Å². The first-order valence-corrected chi connectivity index (χ1v) is 6.29. The number of rotatable bonds is 4. The zero-order chi connectivity index (χ0) is 14.0. The number of aromatic nitrogens is 1. The van der Waals surface area contributed by atoms with Gasteiger partial charge >= 0.3 is 0 Å². The van der Waals surface area contributed by atoms with Gasteiger partial charge < -0.3 is 5.32 Å². The van der Waals surface area contributed by atoms with Gasteiger partial charge in [-0.05, 0) is 25.0 Å². The third kappa shape index (κ3) is 2.50. The van der Waals surface area contributed by atoms with Crippen molar-refractivity contribution < 1.29 is 13.2 Å². The SMILES string of the molecule is CCCNc1cc(CC)nc2c(F)c(F)c(F)cc12. The molecule has 2 aromatic rings. The topological polar surface area (TPSA) is 24.9 Å². The van der Waals surface area contributed by atoms with Gasteiger partial charge in [0.2, 0.25) is 0 Å². The normalized spacial score (nSPS) is 11.0. The molecular formula is C14H15F3N2. The van der Waals surface area contributed by atoms with E-state index in [0.717, 1.165) is 12.5 Å². The molecule has 0 saturated heterocycles. The molecule has 5 heteroatoms. The molecule has 0 atom stereocenters. The van der Waals surface area contributed by atoms with Gasteiger partial charge in [-0.3, -0.25) is 0 Å². The fourth-order valence-electron chi connectivity index (χ4n) is 1.91. The van der Waals surface area contributed by atoms with Crippen molar-refractivity contribution in [3.8, 4) is 0 Å². The van der Waals surface area contributed by atoms with Gasteiger partial charge in [-0.25, -0.2) is 18.2 Å². The van der Waals surface area contributed by atoms with E-state index in [1.807, 2.05) is 13.8 Å². The molecule has 2 nitrogen and oxygen atoms in total. The Labute approximate surface area is 109 Å². The maximum absolute atomic E-state index is 13.8. The third-order valence-corrected chi connectivity index (χ3v) is 2.92. The van der Waals surface area contributed by atoms with E-state index in [0.29, 0.717) is 24.3 Å². The van der Waals surface area contributed by atoms with Crippen LogP contribution in [0.15, 0.2) is 12.1 Å². The van der Waals surface area contributed by atoms with E-state index in [1.165, 1.54) is 0 Å². The number of nitrogens with one attached hydrogen (secondary N) is 1. The second-order valence-corrected chi connectivity index (χ2v) is 4.32. The van der Waals surface area contributed by atoms with Crippen LogP contribution in [0.4, 0.5) is 18.9 Å². The number of hydrogen-bond acceptors (Lipinski definition) is 2. The van der Waals surface area contributed by atoms with Crippen LogP contribution in [0, 0.1) is 17.5 Å². The fraction of sp³-hybridized carbons (Fsp3) is 0.357. The first-order chi connectivity index (χ1) is 9.08. The number of hydrogen-bond donors (Lipinski definition) is 1. The monoisotopic (exact) mass is 268 g/mol. The summed E-state index contributed by atoms with van der Waals surface area (Å²) in [7, 11) is 0. The summed E-state index contributed by atoms with van der Waals surface area (Å²) in [6, 6.07) is 2.73. The first kappa shape index (κ1) is 13.6. The standard InChI is InChI=1S/C14H15F3N2/c1-3-5-18-11-6-8(4-2)19-14-9(11)7-10(15)12(16)13(14)17/h6-7H,3-5H2,1-2H3,(H,18,19). The molecule has 1 aromatic carbocycles. The van der Waals surface area contributed by atoms with Crippen LogP contribution in [0.3, 0.4) is 0 Å². The zero-order valence-corrected chi connectivity index (χ0v) is 10.9. The lowest BCUT2D eigenvalue weighted by Gasteiger charge is -2.12. The smallest absolute Gasteiger partial charge is 0.196 e. The van der Waals surface area contributed by atoms with E-state index in [-0.39, 0.29) is 10.9 Å². The summed E-state index contributed by atoms with van der Waals surface area (Å²) in [5.74, 6) is -3.91. The summed E-state index contributed by atoms with van der Waals surface area (Å²) >= 11 is 0. The van der Waals surface area contributed by atoms with Crippen LogP contribution in [-0.2, 0) is 6.42 Å². The Morgan fingerprint density at radius 3 is 2.47 bits per heavy atom. The van der Waals surface area contributed by atoms with Crippen molar-refractivity contribution in [2.24, 2.45) is 0 Å². The number of pyridine rings is 1. The third-order valence-electron chi connectivity index (χ3n) is 2.92. The quantitative estimate of drug-likeness (QED) is 0.847. The van der Waals surface area contributed by atoms with Crippen LogP contribution in [-0.4, -0.2) is 11.5 Å². The van der Waals surface area contributed by atoms with Gasteiger partial charge in [0, 0.05) is 23.3 Å². The minimum absolute atomic E-state index is 0.128. The summed E-state index contributed by atoms with van der Waals surface area (Å²) in [5, 5.41) is 3.36. The molecule has 1 N–H and O–H groups in total. The fourth-order valence-corrected chi connectivity index (χ4v) is 1.91. The predicted molar refractivity (Wildman–Crippen MR) is 69.8 cm³/mol. The molecule has 2 rings (SSSR count). The molecule has 1 heterocycles. The molecule has 1 aromatic heterocycles. The van der Waals surface area contributed by atoms with Gasteiger partial charge in [-0.15, -0.1) is 0 Å². The number of anilines is 1. The Morgan fingerprint density at radius 2 is 1.84 bits per heavy atom. The van der Waals surface area contributed by atoms with E-state index in [2.05, 4.69) is 10.3 Å². The van der Waals surface area contributed by atoms with Gasteiger partial charge in [0.05, 0.1) is 0 Å². The van der Waals surface area contributed by atoms with Crippen molar-refractivity contribution in [1.29, 1.82) is 0 Å². The number of benzene rings is 1. The molecule has 0 fully saturated rings. The molecule has 0 aliphatic heterocycles. The summed E-state index contributed by atoms with van der Waals surface area (Å²) in [6.45, 7) is 4.52. The van der Waals surface area contributed by atoms with Gasteiger partial charge in [0.25, 0.3) is 0 Å². The molecule has 0 radical (unpaired) electrons. The highest BCUT2D eigenvalue weighted by Crippen LogP contribution is 2.28. The lowest BCUT2D eigenvalue weighted by molar-refractivity contribution is 0.452. The molecule has 0 saturated carbocycles. The van der Waals surface area contributed by atoms with Crippen molar-refractivity contribution in [3.63, 3.8) is 0 Å². The van der Waals surface area contributed by atoms with Crippen LogP contribution in [0.5, 0.6) is 0 Å². The van der Waals surface area contributed by atoms with Crippen LogP contribution in [0.2, 0.25) is 0 Å². The Kier molecular flexibility index (Phi) is 3.93. The van der Waals surface area contributed by atoms with Gasteiger partial charge in [-0.2, -0.15) is 0 Å². The number of fused-ring (bicyclic) bond motifs is 1. The summed E-state index contributed by atoms with van der Waals surface area (Å²) in [6.07, 6.45) is 1.46. The summed E-state index contributed by atoms with van der Waals surface area (Å²) in [4.78, 5) is 4.04. The molecule has 19 heavy (non-hydrogen) atoms. The minimum Gasteiger partial charge on any atom is -0.384 e. The maximum atomic E-state index is 13.8. The van der Waals surface area contributed by atoms with Crippen molar-refractivity contribution in [2.75, 3.05) is 11.9 Å². The van der Waals surface area contributed by atoms with Crippen molar-refractivity contribution in [3.05, 3.63) is 35.3 Å². The predicted octanol–water partition coefficient (Wildman–Crippen LogP) is 4.04. The van der Waals surface area contributed by atoms with Crippen LogP contribution >= 0.6 is 0 Å². The largest absolute Gasteiger partial charge is 0.384 e. The zero-order valence-electron chi connectivity index (χ0n) is 10.9. The highest BCUT2D eigenvalue weighted by Gasteiger charge is 2.17. The molecule has 0 spiro atoms. The van der Waals surface area contributed by atoms with E-state index < -0.39 is 17.5 Å². The van der Waals surface area contributed by atoms with Crippen LogP contribution < -0.4 is 5.32 Å². The van der Waals surface area contributed by atoms with E-state index >= 15 is 0 Å². The molecule has 0 aliphatic carbocycles. The number of aryl methyl sites for hydroxylation is 1.